The predicted octanol–water partition coefficient (Wildman–Crippen LogP) is 3.14. The molecule has 34 heavy (non-hydrogen) atoms. The monoisotopic (exact) mass is 484 g/mol. The van der Waals surface area contributed by atoms with Crippen LogP contribution < -0.4 is 11.2 Å². The van der Waals surface area contributed by atoms with Gasteiger partial charge in [0.1, 0.15) is 30.1 Å². The molecule has 0 aromatic carbocycles. The summed E-state index contributed by atoms with van der Waals surface area (Å²) in [4.78, 5) is 50.2. The summed E-state index contributed by atoms with van der Waals surface area (Å²) >= 11 is 0. The van der Waals surface area contributed by atoms with Crippen LogP contribution >= 0.6 is 0 Å². The van der Waals surface area contributed by atoms with Crippen LogP contribution in [0.25, 0.3) is 0 Å². The van der Waals surface area contributed by atoms with Gasteiger partial charge in [-0.3, -0.25) is 9.36 Å². The SMILES string of the molecule is CCCO[C@H]1CC(n2cc(C)c(=O)n(C(=O)OC(C)(C)C)c2=O)O[C@@H]1COC(=O)OC(C)(C)C. The highest BCUT2D eigenvalue weighted by Gasteiger charge is 2.39. The van der Waals surface area contributed by atoms with Crippen molar-refractivity contribution in [1.29, 1.82) is 0 Å². The lowest BCUT2D eigenvalue weighted by atomic mass is 10.2. The first kappa shape index (κ1) is 27.6. The molecule has 192 valence electrons. The molecule has 1 aromatic heterocycles. The fourth-order valence-electron chi connectivity index (χ4n) is 3.27. The summed E-state index contributed by atoms with van der Waals surface area (Å²) in [5.41, 5.74) is -3.11. The summed E-state index contributed by atoms with van der Waals surface area (Å²) in [7, 11) is 0. The Morgan fingerprint density at radius 2 is 1.71 bits per heavy atom. The largest absolute Gasteiger partial charge is 0.508 e. The Balaban J connectivity index is 2.30. The van der Waals surface area contributed by atoms with Gasteiger partial charge in [-0.05, 0) is 54.9 Å². The molecule has 2 heterocycles. The summed E-state index contributed by atoms with van der Waals surface area (Å²) in [6, 6.07) is 0. The number of rotatable bonds is 6. The van der Waals surface area contributed by atoms with Gasteiger partial charge in [0.2, 0.25) is 0 Å². The van der Waals surface area contributed by atoms with E-state index < -0.39 is 53.1 Å². The molecule has 1 aliphatic rings. The third kappa shape index (κ3) is 7.42. The lowest BCUT2D eigenvalue weighted by Gasteiger charge is -2.22. The summed E-state index contributed by atoms with van der Waals surface area (Å²) in [6.07, 6.45) is -1.60. The molecule has 0 spiro atoms. The smallest absolute Gasteiger partial charge is 0.443 e. The predicted molar refractivity (Wildman–Crippen MR) is 122 cm³/mol. The number of aromatic nitrogens is 2. The molecule has 11 heteroatoms. The summed E-state index contributed by atoms with van der Waals surface area (Å²) < 4.78 is 29.0. The quantitative estimate of drug-likeness (QED) is 0.560. The van der Waals surface area contributed by atoms with Crippen LogP contribution in [0, 0.1) is 6.92 Å². The van der Waals surface area contributed by atoms with Crippen LogP contribution in [0.4, 0.5) is 9.59 Å². The minimum Gasteiger partial charge on any atom is -0.443 e. The van der Waals surface area contributed by atoms with Crippen molar-refractivity contribution < 1.29 is 33.3 Å². The zero-order chi connectivity index (χ0) is 25.8. The molecule has 1 aromatic rings. The number of hydrogen-bond acceptors (Lipinski definition) is 9. The zero-order valence-electron chi connectivity index (χ0n) is 21.2. The first-order valence-electron chi connectivity index (χ1n) is 11.3. The van der Waals surface area contributed by atoms with Gasteiger partial charge in [0.05, 0.1) is 6.10 Å². The normalized spacial score (nSPS) is 20.8. The van der Waals surface area contributed by atoms with E-state index in [2.05, 4.69) is 0 Å². The minimum atomic E-state index is -1.07. The highest BCUT2D eigenvalue weighted by Crippen LogP contribution is 2.30. The second-order valence-corrected chi connectivity index (χ2v) is 10.2. The molecule has 0 aliphatic carbocycles. The fourth-order valence-corrected chi connectivity index (χ4v) is 3.27. The van der Waals surface area contributed by atoms with Crippen molar-refractivity contribution in [2.45, 2.75) is 97.9 Å². The van der Waals surface area contributed by atoms with E-state index in [1.807, 2.05) is 6.92 Å². The Bertz CT molecular complexity index is 998. The average molecular weight is 485 g/mol. The maximum Gasteiger partial charge on any atom is 0.508 e. The van der Waals surface area contributed by atoms with E-state index >= 15 is 0 Å². The van der Waals surface area contributed by atoms with Crippen molar-refractivity contribution in [1.82, 2.24) is 9.13 Å². The van der Waals surface area contributed by atoms with Crippen molar-refractivity contribution in [3.63, 3.8) is 0 Å². The topological polar surface area (TPSA) is 124 Å². The molecule has 0 bridgehead atoms. The van der Waals surface area contributed by atoms with Crippen molar-refractivity contribution in [2.24, 2.45) is 0 Å². The minimum absolute atomic E-state index is 0.154. The molecular weight excluding hydrogens is 448 g/mol. The van der Waals surface area contributed by atoms with E-state index in [1.165, 1.54) is 13.1 Å². The van der Waals surface area contributed by atoms with Crippen LogP contribution in [-0.4, -0.2) is 58.0 Å². The van der Waals surface area contributed by atoms with Gasteiger partial charge in [0.15, 0.2) is 0 Å². The second-order valence-electron chi connectivity index (χ2n) is 10.2. The third-order valence-electron chi connectivity index (χ3n) is 4.64. The van der Waals surface area contributed by atoms with Crippen LogP contribution in [-0.2, 0) is 23.7 Å². The van der Waals surface area contributed by atoms with Crippen molar-refractivity contribution in [2.75, 3.05) is 13.2 Å². The Hall–Kier alpha value is -2.66. The van der Waals surface area contributed by atoms with Gasteiger partial charge in [-0.15, -0.1) is 0 Å². The lowest BCUT2D eigenvalue weighted by Crippen LogP contribution is -2.47. The molecule has 2 rings (SSSR count). The number of ether oxygens (including phenoxy) is 5. The van der Waals surface area contributed by atoms with Gasteiger partial charge in [0.25, 0.3) is 5.56 Å². The molecule has 0 saturated carbocycles. The Labute approximate surface area is 198 Å². The van der Waals surface area contributed by atoms with Crippen molar-refractivity contribution >= 4 is 12.2 Å². The van der Waals surface area contributed by atoms with Crippen molar-refractivity contribution in [3.8, 4) is 0 Å². The summed E-state index contributed by atoms with van der Waals surface area (Å²) in [6.45, 7) is 13.8. The number of hydrogen-bond donors (Lipinski definition) is 0. The highest BCUT2D eigenvalue weighted by molar-refractivity contribution is 5.70. The second kappa shape index (κ2) is 10.7. The van der Waals surface area contributed by atoms with Gasteiger partial charge in [-0.2, -0.15) is 4.57 Å². The maximum absolute atomic E-state index is 13.1. The number of aryl methyl sites for hydroxylation is 1. The molecule has 0 amide bonds. The lowest BCUT2D eigenvalue weighted by molar-refractivity contribution is -0.0805. The summed E-state index contributed by atoms with van der Waals surface area (Å²) in [5.74, 6) is 0. The number of nitrogens with zero attached hydrogens (tertiary/aromatic N) is 2. The first-order chi connectivity index (χ1) is 15.6. The van der Waals surface area contributed by atoms with Gasteiger partial charge in [-0.25, -0.2) is 14.4 Å². The van der Waals surface area contributed by atoms with Crippen LogP contribution in [0.15, 0.2) is 15.8 Å². The van der Waals surface area contributed by atoms with Crippen molar-refractivity contribution in [3.05, 3.63) is 32.6 Å². The van der Waals surface area contributed by atoms with E-state index in [1.54, 1.807) is 41.5 Å². The van der Waals surface area contributed by atoms with Gasteiger partial charge < -0.3 is 23.7 Å². The maximum atomic E-state index is 13.1. The van der Waals surface area contributed by atoms with Gasteiger partial charge in [0, 0.05) is 24.8 Å². The molecule has 0 radical (unpaired) electrons. The molecule has 1 aliphatic heterocycles. The Morgan fingerprint density at radius 3 is 2.26 bits per heavy atom. The Morgan fingerprint density at radius 1 is 1.09 bits per heavy atom. The standard InChI is InChI=1S/C23H36N2O9/c1-9-10-30-15-11-17(32-16(15)13-31-21(29)34-23(6,7)8)24-12-14(2)18(26)25(19(24)27)20(28)33-22(3,4)5/h12,15-17H,9-11,13H2,1-8H3/t15-,16+,17?/m0/s1. The molecule has 1 unspecified atom stereocenters. The van der Waals surface area contributed by atoms with E-state index in [0.29, 0.717) is 11.2 Å². The highest BCUT2D eigenvalue weighted by atomic mass is 16.7. The van der Waals surface area contributed by atoms with E-state index in [9.17, 15) is 19.2 Å². The summed E-state index contributed by atoms with van der Waals surface area (Å²) in [5, 5.41) is 0. The van der Waals surface area contributed by atoms with Crippen LogP contribution in [0.5, 0.6) is 0 Å². The van der Waals surface area contributed by atoms with Crippen LogP contribution in [0.2, 0.25) is 0 Å². The van der Waals surface area contributed by atoms with Crippen LogP contribution in [0.3, 0.4) is 0 Å². The average Bonchev–Trinajstić information content (AvgIpc) is 3.07. The first-order valence-corrected chi connectivity index (χ1v) is 11.3. The van der Waals surface area contributed by atoms with E-state index in [4.69, 9.17) is 23.7 Å². The Kier molecular flexibility index (Phi) is 8.70. The number of carbonyl (C=O) groups is 2. The van der Waals surface area contributed by atoms with E-state index in [0.717, 1.165) is 11.0 Å². The molecular formula is C23H36N2O9. The van der Waals surface area contributed by atoms with Gasteiger partial charge >= 0.3 is 17.9 Å². The third-order valence-corrected chi connectivity index (χ3v) is 4.64. The molecule has 0 N–H and O–H groups in total. The molecule has 1 fully saturated rings. The van der Waals surface area contributed by atoms with E-state index in [-0.39, 0.29) is 18.6 Å². The number of carbonyl (C=O) groups excluding carboxylic acids is 2. The molecule has 3 atom stereocenters. The zero-order valence-corrected chi connectivity index (χ0v) is 21.2. The fraction of sp³-hybridized carbons (Fsp3) is 0.739. The molecule has 1 saturated heterocycles. The van der Waals surface area contributed by atoms with Gasteiger partial charge in [-0.1, -0.05) is 6.92 Å². The van der Waals surface area contributed by atoms with Crippen LogP contribution in [0.1, 0.15) is 73.1 Å². The molecule has 11 nitrogen and oxygen atoms in total.